The minimum atomic E-state index is -1.30. The molecule has 4 rings (SSSR count). The molecule has 4 atom stereocenters. The van der Waals surface area contributed by atoms with Crippen molar-refractivity contribution < 1.29 is 29.6 Å². The zero-order chi connectivity index (χ0) is 21.3. The zero-order valence-electron chi connectivity index (χ0n) is 15.3. The number of carbonyl (C=O) groups is 2. The fourth-order valence-electron chi connectivity index (χ4n) is 2.94. The lowest BCUT2D eigenvalue weighted by molar-refractivity contribution is -0.0980. The van der Waals surface area contributed by atoms with Crippen molar-refractivity contribution in [2.24, 2.45) is 0 Å². The van der Waals surface area contributed by atoms with Crippen LogP contribution < -0.4 is 5.73 Å². The molecule has 3 aromatic heterocycles. The van der Waals surface area contributed by atoms with E-state index < -0.39 is 31.1 Å². The van der Waals surface area contributed by atoms with E-state index in [0.717, 1.165) is 0 Å². The molecule has 1 saturated heterocycles. The number of nitrogens with two attached hydrogens (primary N) is 1. The highest BCUT2D eigenvalue weighted by atomic mass is 16.6. The number of rotatable bonds is 4. The molecule has 0 radical (unpaired) electrons. The average Bonchev–Trinajstić information content (AvgIpc) is 3.42. The number of aliphatic hydroxyl groups is 3. The van der Waals surface area contributed by atoms with Gasteiger partial charge in [0.15, 0.2) is 23.5 Å². The first-order valence-electron chi connectivity index (χ1n) is 8.38. The van der Waals surface area contributed by atoms with Gasteiger partial charge in [-0.05, 0) is 6.92 Å². The molecule has 0 amide bonds. The second-order valence-corrected chi connectivity index (χ2v) is 6.19. The molecule has 0 aromatic carbocycles. The summed E-state index contributed by atoms with van der Waals surface area (Å²) in [5.74, 6) is 0.00761. The molecule has 13 heteroatoms. The lowest BCUT2D eigenvalue weighted by atomic mass is 10.1. The molecule has 4 heterocycles. The van der Waals surface area contributed by atoms with Gasteiger partial charge in [-0.1, -0.05) is 0 Å². The molecule has 0 saturated carbocycles. The van der Waals surface area contributed by atoms with Gasteiger partial charge in [-0.3, -0.25) is 9.36 Å². The van der Waals surface area contributed by atoms with Gasteiger partial charge in [0.05, 0.1) is 24.7 Å². The summed E-state index contributed by atoms with van der Waals surface area (Å²) in [5, 5.41) is 33.5. The number of nitrogen functional groups attached to an aromatic ring is 1. The van der Waals surface area contributed by atoms with Crippen molar-refractivity contribution in [3.8, 4) is 5.95 Å². The number of ether oxygens (including phenoxy) is 1. The number of carbonyl (C=O) groups excluding carboxylic acids is 2. The van der Waals surface area contributed by atoms with Crippen molar-refractivity contribution in [3.05, 3.63) is 24.3 Å². The third-order valence-electron chi connectivity index (χ3n) is 4.42. The number of aliphatic hydroxyl groups excluding tert-OH is 3. The first-order valence-corrected chi connectivity index (χ1v) is 8.38. The molecule has 0 aliphatic carbocycles. The Balaban J connectivity index is 0.00000117. The van der Waals surface area contributed by atoms with Crippen molar-refractivity contribution in [3.63, 3.8) is 0 Å². The summed E-state index contributed by atoms with van der Waals surface area (Å²) < 4.78 is 8.20. The quantitative estimate of drug-likeness (QED) is 0.359. The van der Waals surface area contributed by atoms with Gasteiger partial charge in [0, 0.05) is 6.20 Å². The summed E-state index contributed by atoms with van der Waals surface area (Å²) in [5.41, 5.74) is 6.86. The molecule has 1 aliphatic heterocycles. The highest BCUT2D eigenvalue weighted by molar-refractivity contribution is 5.93. The fourth-order valence-corrected chi connectivity index (χ4v) is 2.94. The third kappa shape index (κ3) is 3.47. The van der Waals surface area contributed by atoms with E-state index >= 15 is 0 Å². The lowest BCUT2D eigenvalue weighted by Crippen LogP contribution is -2.33. The molecule has 13 nitrogen and oxygen atoms in total. The molecule has 3 aromatic rings. The minimum absolute atomic E-state index is 0.0698. The number of hydrogen-bond donors (Lipinski definition) is 4. The van der Waals surface area contributed by atoms with E-state index in [2.05, 4.69) is 20.1 Å². The van der Waals surface area contributed by atoms with Crippen LogP contribution in [0.25, 0.3) is 17.1 Å². The van der Waals surface area contributed by atoms with Gasteiger partial charge in [0.1, 0.15) is 30.6 Å². The van der Waals surface area contributed by atoms with E-state index in [9.17, 15) is 20.1 Å². The van der Waals surface area contributed by atoms with Crippen LogP contribution >= 0.6 is 0 Å². The van der Waals surface area contributed by atoms with Crippen LogP contribution in [0.4, 0.5) is 5.82 Å². The normalized spacial score (nSPS) is 23.7. The Hall–Kier alpha value is -3.26. The van der Waals surface area contributed by atoms with Crippen molar-refractivity contribution in [2.45, 2.75) is 31.5 Å². The van der Waals surface area contributed by atoms with E-state index in [4.69, 9.17) is 15.3 Å². The summed E-state index contributed by atoms with van der Waals surface area (Å²) in [6.45, 7) is 2.96. The number of ketones is 1. The van der Waals surface area contributed by atoms with Crippen LogP contribution in [0.3, 0.4) is 0 Å². The van der Waals surface area contributed by atoms with Crippen LogP contribution in [0.5, 0.6) is 0 Å². The third-order valence-corrected chi connectivity index (χ3v) is 4.42. The first-order chi connectivity index (χ1) is 13.9. The van der Waals surface area contributed by atoms with Gasteiger partial charge in [-0.15, -0.1) is 0 Å². The Labute approximate surface area is 163 Å². The standard InChI is InChI=1S/C15H17N7O5.CH2O/c1-6(24)7-2-18-22(3-7)15-19-12(16)9-13(20-15)21(5-17-9)14-11(26)10(25)8(4-23)27-14;1-2/h2-3,5,8,10-11,14,23,25-26H,4H2,1H3,(H2,16,19,20);1H2/t8-,10-,11-,14?;/m1./s1. The number of Topliss-reactive ketones (excluding diaryl/α,β-unsaturated/α-hetero) is 1. The van der Waals surface area contributed by atoms with Crippen molar-refractivity contribution in [1.82, 2.24) is 29.3 Å². The Morgan fingerprint density at radius 2 is 2.03 bits per heavy atom. The zero-order valence-corrected chi connectivity index (χ0v) is 15.3. The molecule has 1 aliphatic rings. The van der Waals surface area contributed by atoms with Crippen molar-refractivity contribution in [1.29, 1.82) is 0 Å². The van der Waals surface area contributed by atoms with E-state index in [-0.39, 0.29) is 28.7 Å². The summed E-state index contributed by atoms with van der Waals surface area (Å²) >= 11 is 0. The second-order valence-electron chi connectivity index (χ2n) is 6.19. The molecule has 0 bridgehead atoms. The lowest BCUT2D eigenvalue weighted by Gasteiger charge is -2.16. The van der Waals surface area contributed by atoms with Crippen LogP contribution in [0, 0.1) is 0 Å². The summed E-state index contributed by atoms with van der Waals surface area (Å²) in [7, 11) is 0. The average molecular weight is 405 g/mol. The number of fused-ring (bicyclic) bond motifs is 1. The molecular formula is C16H19N7O6. The topological polar surface area (TPSA) is 192 Å². The van der Waals surface area contributed by atoms with Crippen LogP contribution in [0.1, 0.15) is 23.5 Å². The Morgan fingerprint density at radius 3 is 2.62 bits per heavy atom. The molecule has 1 unspecified atom stereocenters. The van der Waals surface area contributed by atoms with E-state index in [1.807, 2.05) is 6.79 Å². The van der Waals surface area contributed by atoms with Crippen LogP contribution in [-0.2, 0) is 9.53 Å². The predicted octanol–water partition coefficient (Wildman–Crippen LogP) is -1.78. The van der Waals surface area contributed by atoms with Gasteiger partial charge < -0.3 is 30.6 Å². The van der Waals surface area contributed by atoms with Gasteiger partial charge in [0.25, 0.3) is 5.95 Å². The van der Waals surface area contributed by atoms with Crippen molar-refractivity contribution in [2.75, 3.05) is 12.3 Å². The number of nitrogens with zero attached hydrogens (tertiary/aromatic N) is 6. The van der Waals surface area contributed by atoms with Gasteiger partial charge in [0.2, 0.25) is 0 Å². The van der Waals surface area contributed by atoms with E-state index in [0.29, 0.717) is 5.56 Å². The summed E-state index contributed by atoms with van der Waals surface area (Å²) in [4.78, 5) is 32.1. The van der Waals surface area contributed by atoms with E-state index in [1.54, 1.807) is 0 Å². The number of imidazole rings is 1. The largest absolute Gasteiger partial charge is 0.394 e. The van der Waals surface area contributed by atoms with Crippen LogP contribution in [-0.4, -0.2) is 82.1 Å². The fraction of sp³-hybridized carbons (Fsp3) is 0.375. The summed E-state index contributed by atoms with van der Waals surface area (Å²) in [6.07, 6.45) is -0.316. The SMILES string of the molecule is C=O.CC(=O)c1cnn(-c2nc(N)c3ncn(C4O[C@H](CO)[C@@H](O)[C@H]4O)c3n2)c1. The molecule has 29 heavy (non-hydrogen) atoms. The molecule has 5 N–H and O–H groups in total. The maximum Gasteiger partial charge on any atom is 0.254 e. The number of anilines is 1. The predicted molar refractivity (Wildman–Crippen MR) is 97.0 cm³/mol. The van der Waals surface area contributed by atoms with Crippen LogP contribution in [0.15, 0.2) is 18.7 Å². The molecule has 154 valence electrons. The van der Waals surface area contributed by atoms with Gasteiger partial charge in [-0.2, -0.15) is 15.1 Å². The number of aromatic nitrogens is 6. The molecule has 0 spiro atoms. The molecular weight excluding hydrogens is 386 g/mol. The highest BCUT2D eigenvalue weighted by Crippen LogP contribution is 2.32. The Morgan fingerprint density at radius 1 is 1.31 bits per heavy atom. The van der Waals surface area contributed by atoms with E-state index in [1.165, 1.54) is 34.9 Å². The highest BCUT2D eigenvalue weighted by Gasteiger charge is 2.44. The molecule has 1 fully saturated rings. The minimum Gasteiger partial charge on any atom is -0.394 e. The maximum absolute atomic E-state index is 11.5. The Bertz CT molecular complexity index is 1030. The van der Waals surface area contributed by atoms with Gasteiger partial charge >= 0.3 is 0 Å². The second kappa shape index (κ2) is 8.00. The summed E-state index contributed by atoms with van der Waals surface area (Å²) in [6, 6.07) is 0. The van der Waals surface area contributed by atoms with Gasteiger partial charge in [-0.25, -0.2) is 9.67 Å². The smallest absolute Gasteiger partial charge is 0.254 e. The van der Waals surface area contributed by atoms with Crippen molar-refractivity contribution >= 4 is 29.6 Å². The Kier molecular flexibility index (Phi) is 5.65. The van der Waals surface area contributed by atoms with Crippen LogP contribution in [0.2, 0.25) is 0 Å². The monoisotopic (exact) mass is 405 g/mol. The maximum atomic E-state index is 11.5. The number of hydrogen-bond acceptors (Lipinski definition) is 11. The first kappa shape index (κ1) is 20.5.